The number of nitrogens with zero attached hydrogens (tertiary/aromatic N) is 2. The lowest BCUT2D eigenvalue weighted by Crippen LogP contribution is -2.37. The highest BCUT2D eigenvalue weighted by Gasteiger charge is 2.20. The second kappa shape index (κ2) is 12.1. The molecule has 0 aliphatic rings. The summed E-state index contributed by atoms with van der Waals surface area (Å²) in [6.07, 6.45) is -0.751. The summed E-state index contributed by atoms with van der Waals surface area (Å²) in [5, 5.41) is 9.35. The van der Waals surface area contributed by atoms with E-state index in [2.05, 4.69) is 37.9 Å². The number of aromatic nitrogens is 1. The molecule has 1 N–H and O–H groups in total. The molecule has 208 valence electrons. The third kappa shape index (κ3) is 7.50. The normalized spacial score (nSPS) is 11.2. The van der Waals surface area contributed by atoms with Crippen molar-refractivity contribution in [1.29, 1.82) is 0 Å². The lowest BCUT2D eigenvalue weighted by molar-refractivity contribution is -0.138. The SMILES string of the molecule is Cc1ccc(OC(=O)N(CC(=O)O)Cc2cccc(OCc3nc(-c4ccc(C(C)(C)C)cc4)oc3C)c2)cc1. The van der Waals surface area contributed by atoms with Crippen molar-refractivity contribution < 1.29 is 28.6 Å². The fourth-order valence-corrected chi connectivity index (χ4v) is 4.02. The summed E-state index contributed by atoms with van der Waals surface area (Å²) in [6, 6.07) is 22.3. The molecule has 8 nitrogen and oxygen atoms in total. The highest BCUT2D eigenvalue weighted by atomic mass is 16.6. The van der Waals surface area contributed by atoms with Crippen LogP contribution in [0.5, 0.6) is 11.5 Å². The first-order chi connectivity index (χ1) is 19.0. The molecule has 1 aromatic heterocycles. The van der Waals surface area contributed by atoms with Gasteiger partial charge in [-0.15, -0.1) is 0 Å². The number of aliphatic carboxylic acids is 1. The maximum Gasteiger partial charge on any atom is 0.416 e. The van der Waals surface area contributed by atoms with E-state index in [0.717, 1.165) is 16.0 Å². The first-order valence-corrected chi connectivity index (χ1v) is 13.0. The number of oxazole rings is 1. The number of hydrogen-bond acceptors (Lipinski definition) is 6. The van der Waals surface area contributed by atoms with Gasteiger partial charge in [0.15, 0.2) is 0 Å². The lowest BCUT2D eigenvalue weighted by atomic mass is 9.87. The number of benzene rings is 3. The van der Waals surface area contributed by atoms with Gasteiger partial charge in [-0.25, -0.2) is 9.78 Å². The maximum absolute atomic E-state index is 12.7. The van der Waals surface area contributed by atoms with Crippen LogP contribution in [0.4, 0.5) is 4.79 Å². The molecule has 0 saturated carbocycles. The Hall–Kier alpha value is -4.59. The van der Waals surface area contributed by atoms with Gasteiger partial charge in [-0.2, -0.15) is 0 Å². The van der Waals surface area contributed by atoms with Gasteiger partial charge < -0.3 is 19.0 Å². The Morgan fingerprint density at radius 2 is 1.65 bits per heavy atom. The van der Waals surface area contributed by atoms with Crippen LogP contribution in [0.1, 0.15) is 48.9 Å². The van der Waals surface area contributed by atoms with E-state index in [1.54, 1.807) is 36.4 Å². The van der Waals surface area contributed by atoms with Crippen molar-refractivity contribution in [3.8, 4) is 23.0 Å². The Labute approximate surface area is 234 Å². The molecular weight excluding hydrogens is 508 g/mol. The highest BCUT2D eigenvalue weighted by Crippen LogP contribution is 2.27. The monoisotopic (exact) mass is 542 g/mol. The summed E-state index contributed by atoms with van der Waals surface area (Å²) in [7, 11) is 0. The van der Waals surface area contributed by atoms with Crippen molar-refractivity contribution in [3.05, 3.63) is 101 Å². The van der Waals surface area contributed by atoms with Crippen LogP contribution in [0.2, 0.25) is 0 Å². The third-order valence-electron chi connectivity index (χ3n) is 6.35. The van der Waals surface area contributed by atoms with Gasteiger partial charge in [0.25, 0.3) is 0 Å². The summed E-state index contributed by atoms with van der Waals surface area (Å²) in [5.74, 6) is 0.951. The smallest absolute Gasteiger partial charge is 0.416 e. The highest BCUT2D eigenvalue weighted by molar-refractivity contribution is 5.78. The minimum absolute atomic E-state index is 0.0336. The molecule has 4 aromatic rings. The Morgan fingerprint density at radius 1 is 0.950 bits per heavy atom. The molecule has 4 rings (SSSR count). The number of carbonyl (C=O) groups is 2. The number of hydrogen-bond donors (Lipinski definition) is 1. The van der Waals surface area contributed by atoms with E-state index in [0.29, 0.717) is 34.4 Å². The zero-order valence-corrected chi connectivity index (χ0v) is 23.4. The first-order valence-electron chi connectivity index (χ1n) is 13.0. The summed E-state index contributed by atoms with van der Waals surface area (Å²) in [4.78, 5) is 29.9. The van der Waals surface area contributed by atoms with Gasteiger partial charge in [0, 0.05) is 12.1 Å². The van der Waals surface area contributed by atoms with Crippen LogP contribution in [0.3, 0.4) is 0 Å². The van der Waals surface area contributed by atoms with E-state index < -0.39 is 18.6 Å². The van der Waals surface area contributed by atoms with Crippen LogP contribution in [0.25, 0.3) is 11.5 Å². The molecule has 0 unspecified atom stereocenters. The predicted octanol–water partition coefficient (Wildman–Crippen LogP) is 6.92. The van der Waals surface area contributed by atoms with Crippen molar-refractivity contribution in [2.45, 2.75) is 53.2 Å². The van der Waals surface area contributed by atoms with Crippen molar-refractivity contribution >= 4 is 12.1 Å². The Kier molecular flexibility index (Phi) is 8.58. The van der Waals surface area contributed by atoms with Crippen molar-refractivity contribution in [1.82, 2.24) is 9.88 Å². The lowest BCUT2D eigenvalue weighted by Gasteiger charge is -2.20. The van der Waals surface area contributed by atoms with E-state index in [9.17, 15) is 14.7 Å². The number of amides is 1. The van der Waals surface area contributed by atoms with Crippen LogP contribution in [-0.2, 0) is 23.4 Å². The molecule has 0 radical (unpaired) electrons. The molecule has 0 aliphatic carbocycles. The van der Waals surface area contributed by atoms with Gasteiger partial charge >= 0.3 is 12.1 Å². The van der Waals surface area contributed by atoms with Gasteiger partial charge in [-0.05, 0) is 66.8 Å². The summed E-state index contributed by atoms with van der Waals surface area (Å²) in [5.41, 5.74) is 4.56. The molecule has 0 aliphatic heterocycles. The number of carboxylic acids is 1. The number of rotatable bonds is 9. The molecule has 3 aromatic carbocycles. The largest absolute Gasteiger partial charge is 0.487 e. The number of aryl methyl sites for hydroxylation is 2. The van der Waals surface area contributed by atoms with Crippen molar-refractivity contribution in [2.24, 2.45) is 0 Å². The van der Waals surface area contributed by atoms with Gasteiger partial charge in [-0.3, -0.25) is 9.69 Å². The summed E-state index contributed by atoms with van der Waals surface area (Å²) < 4.78 is 17.3. The summed E-state index contributed by atoms with van der Waals surface area (Å²) in [6.45, 7) is 9.99. The number of carbonyl (C=O) groups excluding carboxylic acids is 1. The number of carboxylic acid groups (broad SMARTS) is 1. The molecule has 0 atom stereocenters. The zero-order chi connectivity index (χ0) is 28.9. The second-order valence-corrected chi connectivity index (χ2v) is 10.7. The quantitative estimate of drug-likeness (QED) is 0.245. The standard InChI is InChI=1S/C32H34N2O6/c1-21-9-15-26(16-10-21)40-31(37)34(19-29(35)36)18-23-7-6-8-27(17-23)38-20-28-22(2)39-30(33-28)24-11-13-25(14-12-24)32(3,4)5/h6-17H,18-20H2,1-5H3,(H,35,36). The van der Waals surface area contributed by atoms with E-state index >= 15 is 0 Å². The van der Waals surface area contributed by atoms with Crippen LogP contribution in [-0.4, -0.2) is 33.6 Å². The van der Waals surface area contributed by atoms with E-state index in [-0.39, 0.29) is 18.6 Å². The topological polar surface area (TPSA) is 102 Å². The van der Waals surface area contributed by atoms with Gasteiger partial charge in [0.2, 0.25) is 5.89 Å². The van der Waals surface area contributed by atoms with Crippen molar-refractivity contribution in [2.75, 3.05) is 6.54 Å². The average molecular weight is 543 g/mol. The molecule has 0 fully saturated rings. The van der Waals surface area contributed by atoms with Crippen LogP contribution < -0.4 is 9.47 Å². The fraction of sp³-hybridized carbons (Fsp3) is 0.281. The minimum atomic E-state index is -1.14. The molecule has 1 heterocycles. The van der Waals surface area contributed by atoms with Crippen LogP contribution in [0, 0.1) is 13.8 Å². The predicted molar refractivity (Wildman–Crippen MR) is 151 cm³/mol. The molecule has 0 spiro atoms. The van der Waals surface area contributed by atoms with Gasteiger partial charge in [0.1, 0.15) is 36.1 Å². The molecule has 0 bridgehead atoms. The van der Waals surface area contributed by atoms with Gasteiger partial charge in [-0.1, -0.05) is 62.7 Å². The number of ether oxygens (including phenoxy) is 2. The molecular formula is C32H34N2O6. The molecule has 8 heteroatoms. The Bertz CT molecular complexity index is 1470. The minimum Gasteiger partial charge on any atom is -0.487 e. The zero-order valence-electron chi connectivity index (χ0n) is 23.4. The molecule has 0 saturated heterocycles. The van der Waals surface area contributed by atoms with E-state index in [1.165, 1.54) is 5.56 Å². The van der Waals surface area contributed by atoms with E-state index in [1.807, 2.05) is 38.1 Å². The average Bonchev–Trinajstić information content (AvgIpc) is 3.28. The van der Waals surface area contributed by atoms with Gasteiger partial charge in [0.05, 0.1) is 0 Å². The maximum atomic E-state index is 12.7. The van der Waals surface area contributed by atoms with E-state index in [4.69, 9.17) is 13.9 Å². The second-order valence-electron chi connectivity index (χ2n) is 10.7. The Morgan fingerprint density at radius 3 is 2.30 bits per heavy atom. The van der Waals surface area contributed by atoms with Crippen LogP contribution >= 0.6 is 0 Å². The third-order valence-corrected chi connectivity index (χ3v) is 6.35. The molecule has 40 heavy (non-hydrogen) atoms. The van der Waals surface area contributed by atoms with Crippen LogP contribution in [0.15, 0.2) is 77.2 Å². The summed E-state index contributed by atoms with van der Waals surface area (Å²) >= 11 is 0. The first kappa shape index (κ1) is 28.4. The van der Waals surface area contributed by atoms with Crippen molar-refractivity contribution in [3.63, 3.8) is 0 Å². The Balaban J connectivity index is 1.42. The fourth-order valence-electron chi connectivity index (χ4n) is 4.02. The molecule has 1 amide bonds.